The molecular weight excluding hydrogens is 217 g/mol. The fourth-order valence-corrected chi connectivity index (χ4v) is 4.01. The zero-order valence-corrected chi connectivity index (χ0v) is 10.6. The summed E-state index contributed by atoms with van der Waals surface area (Å²) in [6.07, 6.45) is 0. The van der Waals surface area contributed by atoms with E-state index >= 15 is 0 Å². The third-order valence-corrected chi connectivity index (χ3v) is 4.74. The standard InChI is InChI=1S/C12H14N3P/c1-12(2,3)11-10(16(11)15-14-13)9-7-5-4-6-8-9/h4-8H,1-3H3/t16-/m0/s1. The van der Waals surface area contributed by atoms with Crippen molar-refractivity contribution in [3.8, 4) is 0 Å². The zero-order chi connectivity index (χ0) is 11.8. The number of rotatable bonds is 2. The minimum Gasteiger partial charge on any atom is -0.0632 e. The van der Waals surface area contributed by atoms with Gasteiger partial charge in [0.1, 0.15) is 0 Å². The predicted octanol–water partition coefficient (Wildman–Crippen LogP) is 5.12. The van der Waals surface area contributed by atoms with Crippen molar-refractivity contribution >= 4 is 13.4 Å². The monoisotopic (exact) mass is 231 g/mol. The second-order valence-electron chi connectivity index (χ2n) is 4.80. The Labute approximate surface area is 96.6 Å². The van der Waals surface area contributed by atoms with Gasteiger partial charge in [-0.15, -0.1) is 0 Å². The van der Waals surface area contributed by atoms with Gasteiger partial charge in [-0.1, -0.05) is 56.0 Å². The fraction of sp³-hybridized carbons (Fsp3) is 0.333. The van der Waals surface area contributed by atoms with Crippen molar-refractivity contribution in [1.82, 2.24) is 0 Å². The number of allylic oxidation sites excluding steroid dienone is 1. The molecule has 1 aliphatic rings. The van der Waals surface area contributed by atoms with Crippen LogP contribution in [0.4, 0.5) is 0 Å². The van der Waals surface area contributed by atoms with E-state index in [9.17, 15) is 0 Å². The molecule has 0 radical (unpaired) electrons. The second-order valence-corrected chi connectivity index (χ2v) is 6.50. The van der Waals surface area contributed by atoms with E-state index in [2.05, 4.69) is 42.7 Å². The lowest BCUT2D eigenvalue weighted by Gasteiger charge is -2.13. The SMILES string of the molecule is CC(C)(C)C1=C(c2ccccc2)[P@]1N=[N+]=[N-]. The average molecular weight is 231 g/mol. The maximum absolute atomic E-state index is 8.57. The molecule has 0 N–H and O–H groups in total. The Bertz CT molecular complexity index is 479. The number of hydrogen-bond acceptors (Lipinski definition) is 1. The molecule has 0 bridgehead atoms. The second kappa shape index (κ2) is 3.93. The Kier molecular flexibility index (Phi) is 2.75. The summed E-state index contributed by atoms with van der Waals surface area (Å²) < 4.78 is 0. The Hall–Kier alpha value is -1.30. The van der Waals surface area contributed by atoms with E-state index in [0.29, 0.717) is 0 Å². The van der Waals surface area contributed by atoms with Gasteiger partial charge in [0.25, 0.3) is 0 Å². The van der Waals surface area contributed by atoms with Crippen molar-refractivity contribution < 1.29 is 0 Å². The first-order valence-electron chi connectivity index (χ1n) is 5.21. The highest BCUT2D eigenvalue weighted by Crippen LogP contribution is 2.79. The number of hydrogen-bond donors (Lipinski definition) is 0. The van der Waals surface area contributed by atoms with Gasteiger partial charge in [0, 0.05) is 13.0 Å². The van der Waals surface area contributed by atoms with E-state index in [4.69, 9.17) is 5.53 Å². The first-order valence-corrected chi connectivity index (χ1v) is 6.50. The molecule has 0 unspecified atom stereocenters. The molecule has 16 heavy (non-hydrogen) atoms. The van der Waals surface area contributed by atoms with E-state index in [1.54, 1.807) is 0 Å². The molecule has 0 fully saturated rings. The lowest BCUT2D eigenvalue weighted by atomic mass is 9.95. The van der Waals surface area contributed by atoms with Crippen LogP contribution in [-0.4, -0.2) is 0 Å². The lowest BCUT2D eigenvalue weighted by Crippen LogP contribution is -2.00. The molecule has 0 saturated heterocycles. The molecular formula is C12H14N3P. The molecule has 0 amide bonds. The Balaban J connectivity index is 2.39. The fourth-order valence-electron chi connectivity index (χ4n) is 1.81. The maximum Gasteiger partial charge on any atom is 0.0466 e. The summed E-state index contributed by atoms with van der Waals surface area (Å²) in [6, 6.07) is 10.2. The summed E-state index contributed by atoms with van der Waals surface area (Å²) in [5.41, 5.74) is 9.87. The molecule has 1 heterocycles. The molecule has 1 aromatic carbocycles. The van der Waals surface area contributed by atoms with Crippen molar-refractivity contribution in [2.75, 3.05) is 0 Å². The molecule has 4 heteroatoms. The Morgan fingerprint density at radius 1 is 1.19 bits per heavy atom. The molecule has 0 aliphatic carbocycles. The van der Waals surface area contributed by atoms with Crippen LogP contribution in [0.1, 0.15) is 26.3 Å². The average Bonchev–Trinajstić information content (AvgIpc) is 2.94. The van der Waals surface area contributed by atoms with E-state index in [1.165, 1.54) is 16.2 Å². The lowest BCUT2D eigenvalue weighted by molar-refractivity contribution is 0.539. The van der Waals surface area contributed by atoms with Gasteiger partial charge in [0.15, 0.2) is 0 Å². The first kappa shape index (κ1) is 11.2. The van der Waals surface area contributed by atoms with Gasteiger partial charge in [-0.3, -0.25) is 0 Å². The predicted molar refractivity (Wildman–Crippen MR) is 68.9 cm³/mol. The highest BCUT2D eigenvalue weighted by molar-refractivity contribution is 7.80. The van der Waals surface area contributed by atoms with E-state index in [0.717, 1.165) is 0 Å². The highest BCUT2D eigenvalue weighted by atomic mass is 31.1. The molecule has 1 aromatic rings. The van der Waals surface area contributed by atoms with Crippen LogP contribution >= 0.6 is 8.07 Å². The number of nitrogens with zero attached hydrogens (tertiary/aromatic N) is 3. The smallest absolute Gasteiger partial charge is 0.0466 e. The molecule has 0 spiro atoms. The van der Waals surface area contributed by atoms with Gasteiger partial charge < -0.3 is 0 Å². The van der Waals surface area contributed by atoms with Crippen molar-refractivity contribution in [1.29, 1.82) is 0 Å². The Morgan fingerprint density at radius 2 is 1.81 bits per heavy atom. The number of azide groups is 1. The van der Waals surface area contributed by atoms with Crippen LogP contribution in [0.15, 0.2) is 40.5 Å². The van der Waals surface area contributed by atoms with Crippen molar-refractivity contribution in [3.05, 3.63) is 51.7 Å². The Morgan fingerprint density at radius 3 is 2.31 bits per heavy atom. The summed E-state index contributed by atoms with van der Waals surface area (Å²) in [4.78, 5) is 6.86. The van der Waals surface area contributed by atoms with Crippen molar-refractivity contribution in [2.45, 2.75) is 20.8 Å². The minimum absolute atomic E-state index is 0.102. The minimum atomic E-state index is -0.700. The summed E-state index contributed by atoms with van der Waals surface area (Å²) in [7, 11) is -0.700. The number of benzene rings is 1. The molecule has 1 aliphatic heterocycles. The van der Waals surface area contributed by atoms with Gasteiger partial charge >= 0.3 is 0 Å². The highest BCUT2D eigenvalue weighted by Gasteiger charge is 2.43. The third kappa shape index (κ3) is 1.97. The van der Waals surface area contributed by atoms with Crippen molar-refractivity contribution in [3.63, 3.8) is 0 Å². The topological polar surface area (TPSA) is 48.8 Å². The summed E-state index contributed by atoms with van der Waals surface area (Å²) >= 11 is 0. The zero-order valence-electron chi connectivity index (χ0n) is 9.68. The summed E-state index contributed by atoms with van der Waals surface area (Å²) in [6.45, 7) is 6.50. The van der Waals surface area contributed by atoms with Crippen LogP contribution in [0.3, 0.4) is 0 Å². The van der Waals surface area contributed by atoms with Gasteiger partial charge in [0.05, 0.1) is 0 Å². The normalized spacial score (nSPS) is 19.3. The van der Waals surface area contributed by atoms with Gasteiger partial charge in [0.2, 0.25) is 0 Å². The molecule has 2 rings (SSSR count). The van der Waals surface area contributed by atoms with Crippen LogP contribution in [0.5, 0.6) is 0 Å². The molecule has 0 aromatic heterocycles. The van der Waals surface area contributed by atoms with Gasteiger partial charge in [-0.2, -0.15) is 0 Å². The third-order valence-electron chi connectivity index (χ3n) is 2.48. The van der Waals surface area contributed by atoms with E-state index in [-0.39, 0.29) is 5.41 Å². The molecule has 82 valence electrons. The largest absolute Gasteiger partial charge is 0.0632 e. The van der Waals surface area contributed by atoms with E-state index < -0.39 is 8.07 Å². The van der Waals surface area contributed by atoms with Gasteiger partial charge in [-0.25, -0.2) is 0 Å². The first-order chi connectivity index (χ1) is 7.55. The summed E-state index contributed by atoms with van der Waals surface area (Å²) in [5.74, 6) is 0. The maximum atomic E-state index is 8.57. The summed E-state index contributed by atoms with van der Waals surface area (Å²) in [5, 5.41) is 2.59. The van der Waals surface area contributed by atoms with Crippen LogP contribution in [-0.2, 0) is 0 Å². The quantitative estimate of drug-likeness (QED) is 0.293. The molecule has 0 saturated carbocycles. The van der Waals surface area contributed by atoms with Crippen LogP contribution in [0, 0.1) is 5.41 Å². The van der Waals surface area contributed by atoms with Crippen molar-refractivity contribution in [2.24, 2.45) is 10.3 Å². The molecule has 3 nitrogen and oxygen atoms in total. The van der Waals surface area contributed by atoms with Crippen LogP contribution in [0.2, 0.25) is 0 Å². The van der Waals surface area contributed by atoms with E-state index in [1.807, 2.05) is 18.2 Å². The van der Waals surface area contributed by atoms with Crippen LogP contribution in [0.25, 0.3) is 15.8 Å². The van der Waals surface area contributed by atoms with Crippen LogP contribution < -0.4 is 0 Å². The molecule has 1 atom stereocenters. The van der Waals surface area contributed by atoms with Gasteiger partial charge in [-0.05, 0) is 27.1 Å².